The molecule has 0 aromatic heterocycles. The van der Waals surface area contributed by atoms with Crippen LogP contribution in [0.25, 0.3) is 0 Å². The number of hydrogen-bond acceptors (Lipinski definition) is 3. The summed E-state index contributed by atoms with van der Waals surface area (Å²) < 4.78 is 43.0. The van der Waals surface area contributed by atoms with Crippen molar-refractivity contribution < 1.29 is 22.7 Å². The van der Waals surface area contributed by atoms with Gasteiger partial charge in [-0.1, -0.05) is 18.2 Å². The molecule has 2 atom stereocenters. The molecule has 1 aliphatic rings. The van der Waals surface area contributed by atoms with E-state index in [0.717, 1.165) is 12.1 Å². The van der Waals surface area contributed by atoms with Crippen LogP contribution < -0.4 is 0 Å². The van der Waals surface area contributed by atoms with E-state index in [-0.39, 0.29) is 11.9 Å². The predicted octanol–water partition coefficient (Wildman–Crippen LogP) is 2.52. The summed E-state index contributed by atoms with van der Waals surface area (Å²) in [5.41, 5.74) is -0.159. The first-order chi connectivity index (χ1) is 9.32. The fraction of sp³-hybridized carbons (Fsp3) is 0.500. The molecule has 1 heterocycles. The summed E-state index contributed by atoms with van der Waals surface area (Å²) in [5.74, 6) is -1.07. The minimum Gasteiger partial charge on any atom is -0.469 e. The standard InChI is InChI=1S/C14H16F3NO2/c1-18-7-11(12(8-18)13(19)20-2)9-4-3-5-10(6-9)14(15,16)17/h3-6,11-12H,7-8H2,1-2H3. The number of likely N-dealkylation sites (N-methyl/N-ethyl adjacent to an activating group) is 1. The molecule has 1 saturated heterocycles. The summed E-state index contributed by atoms with van der Waals surface area (Å²) in [7, 11) is 3.13. The van der Waals surface area contributed by atoms with Crippen molar-refractivity contribution in [3.63, 3.8) is 0 Å². The third-order valence-corrected chi connectivity index (χ3v) is 3.65. The zero-order valence-corrected chi connectivity index (χ0v) is 11.3. The Bertz CT molecular complexity index is 501. The van der Waals surface area contributed by atoms with Crippen LogP contribution in [-0.2, 0) is 15.7 Å². The minimum atomic E-state index is -4.37. The first-order valence-electron chi connectivity index (χ1n) is 6.26. The smallest absolute Gasteiger partial charge is 0.416 e. The highest BCUT2D eigenvalue weighted by Gasteiger charge is 2.39. The van der Waals surface area contributed by atoms with E-state index in [4.69, 9.17) is 4.74 Å². The lowest BCUT2D eigenvalue weighted by molar-refractivity contribution is -0.145. The lowest BCUT2D eigenvalue weighted by Gasteiger charge is -2.18. The van der Waals surface area contributed by atoms with Gasteiger partial charge in [0.1, 0.15) is 0 Å². The maximum atomic E-state index is 12.8. The van der Waals surface area contributed by atoms with Gasteiger partial charge in [0.15, 0.2) is 0 Å². The average molecular weight is 287 g/mol. The molecule has 1 aliphatic heterocycles. The van der Waals surface area contributed by atoms with Gasteiger partial charge in [0.25, 0.3) is 0 Å². The van der Waals surface area contributed by atoms with Crippen molar-refractivity contribution >= 4 is 5.97 Å². The Labute approximate surface area is 115 Å². The summed E-state index contributed by atoms with van der Waals surface area (Å²) in [6, 6.07) is 5.18. The van der Waals surface area contributed by atoms with E-state index in [1.807, 2.05) is 11.9 Å². The van der Waals surface area contributed by atoms with E-state index < -0.39 is 17.7 Å². The molecule has 0 radical (unpaired) electrons. The Morgan fingerprint density at radius 3 is 2.65 bits per heavy atom. The molecule has 0 spiro atoms. The Morgan fingerprint density at radius 1 is 1.35 bits per heavy atom. The third kappa shape index (κ3) is 2.95. The van der Waals surface area contributed by atoms with Gasteiger partial charge in [-0.05, 0) is 18.7 Å². The second kappa shape index (κ2) is 5.44. The van der Waals surface area contributed by atoms with Crippen LogP contribution in [0.5, 0.6) is 0 Å². The second-order valence-corrected chi connectivity index (χ2v) is 5.08. The molecule has 6 heteroatoms. The van der Waals surface area contributed by atoms with Gasteiger partial charge in [-0.2, -0.15) is 13.2 Å². The average Bonchev–Trinajstić information content (AvgIpc) is 2.79. The van der Waals surface area contributed by atoms with Gasteiger partial charge in [-0.3, -0.25) is 4.79 Å². The van der Waals surface area contributed by atoms with Crippen molar-refractivity contribution in [3.05, 3.63) is 35.4 Å². The molecule has 1 aromatic rings. The highest BCUT2D eigenvalue weighted by atomic mass is 19.4. The molecule has 3 nitrogen and oxygen atoms in total. The molecule has 20 heavy (non-hydrogen) atoms. The number of likely N-dealkylation sites (tertiary alicyclic amines) is 1. The normalized spacial score (nSPS) is 23.9. The molecule has 0 aliphatic carbocycles. The Morgan fingerprint density at radius 2 is 2.05 bits per heavy atom. The topological polar surface area (TPSA) is 29.5 Å². The molecule has 0 amide bonds. The quantitative estimate of drug-likeness (QED) is 0.783. The van der Waals surface area contributed by atoms with Gasteiger partial charge in [-0.25, -0.2) is 0 Å². The molecule has 1 aromatic carbocycles. The van der Waals surface area contributed by atoms with Crippen molar-refractivity contribution in [1.82, 2.24) is 4.90 Å². The molecule has 0 saturated carbocycles. The third-order valence-electron chi connectivity index (χ3n) is 3.65. The maximum absolute atomic E-state index is 12.8. The molecule has 2 rings (SSSR count). The zero-order chi connectivity index (χ0) is 14.9. The van der Waals surface area contributed by atoms with Crippen LogP contribution >= 0.6 is 0 Å². The Hall–Kier alpha value is -1.56. The van der Waals surface area contributed by atoms with Gasteiger partial charge in [0, 0.05) is 19.0 Å². The highest BCUT2D eigenvalue weighted by molar-refractivity contribution is 5.74. The fourth-order valence-corrected chi connectivity index (χ4v) is 2.67. The summed E-state index contributed by atoms with van der Waals surface area (Å²) in [4.78, 5) is 13.7. The van der Waals surface area contributed by atoms with E-state index in [2.05, 4.69) is 0 Å². The molecule has 0 bridgehead atoms. The number of benzene rings is 1. The van der Waals surface area contributed by atoms with E-state index >= 15 is 0 Å². The van der Waals surface area contributed by atoms with Crippen LogP contribution in [0.4, 0.5) is 13.2 Å². The summed E-state index contributed by atoms with van der Waals surface area (Å²) in [6.45, 7) is 1.04. The van der Waals surface area contributed by atoms with E-state index in [0.29, 0.717) is 18.7 Å². The predicted molar refractivity (Wildman–Crippen MR) is 67.2 cm³/mol. The first kappa shape index (κ1) is 14.8. The number of nitrogens with zero attached hydrogens (tertiary/aromatic N) is 1. The van der Waals surface area contributed by atoms with Crippen molar-refractivity contribution in [1.29, 1.82) is 0 Å². The number of halogens is 3. The number of esters is 1. The monoisotopic (exact) mass is 287 g/mol. The SMILES string of the molecule is COC(=O)C1CN(C)CC1c1cccc(C(F)(F)F)c1. The van der Waals surface area contributed by atoms with Gasteiger partial charge < -0.3 is 9.64 Å². The summed E-state index contributed by atoms with van der Waals surface area (Å²) in [5, 5.41) is 0. The number of rotatable bonds is 2. The first-order valence-corrected chi connectivity index (χ1v) is 6.26. The fourth-order valence-electron chi connectivity index (χ4n) is 2.67. The minimum absolute atomic E-state index is 0.269. The van der Waals surface area contributed by atoms with Gasteiger partial charge in [0.2, 0.25) is 0 Å². The van der Waals surface area contributed by atoms with Crippen LogP contribution in [0.3, 0.4) is 0 Å². The molecule has 110 valence electrons. The molecule has 2 unspecified atom stereocenters. The van der Waals surface area contributed by atoms with Crippen LogP contribution in [0.15, 0.2) is 24.3 Å². The van der Waals surface area contributed by atoms with E-state index in [9.17, 15) is 18.0 Å². The molecule has 1 fully saturated rings. The number of alkyl halides is 3. The number of hydrogen-bond donors (Lipinski definition) is 0. The molecular weight excluding hydrogens is 271 g/mol. The maximum Gasteiger partial charge on any atom is 0.416 e. The Balaban J connectivity index is 2.32. The number of methoxy groups -OCH3 is 1. The van der Waals surface area contributed by atoms with Crippen LogP contribution in [0.1, 0.15) is 17.0 Å². The lowest BCUT2D eigenvalue weighted by atomic mass is 9.88. The van der Waals surface area contributed by atoms with Crippen molar-refractivity contribution in [2.45, 2.75) is 12.1 Å². The molecule has 0 N–H and O–H groups in total. The highest BCUT2D eigenvalue weighted by Crippen LogP contribution is 2.36. The van der Waals surface area contributed by atoms with Crippen LogP contribution in [0, 0.1) is 5.92 Å². The number of ether oxygens (including phenoxy) is 1. The summed E-state index contributed by atoms with van der Waals surface area (Å²) in [6.07, 6.45) is -4.37. The van der Waals surface area contributed by atoms with Gasteiger partial charge >= 0.3 is 12.1 Å². The van der Waals surface area contributed by atoms with E-state index in [1.54, 1.807) is 6.07 Å². The zero-order valence-electron chi connectivity index (χ0n) is 11.3. The number of carbonyl (C=O) groups excluding carboxylic acids is 1. The van der Waals surface area contributed by atoms with Crippen LogP contribution in [0.2, 0.25) is 0 Å². The Kier molecular flexibility index (Phi) is 4.04. The van der Waals surface area contributed by atoms with Crippen molar-refractivity contribution in [2.24, 2.45) is 5.92 Å². The largest absolute Gasteiger partial charge is 0.469 e. The molecular formula is C14H16F3NO2. The van der Waals surface area contributed by atoms with Crippen molar-refractivity contribution in [2.75, 3.05) is 27.2 Å². The van der Waals surface area contributed by atoms with Crippen LogP contribution in [-0.4, -0.2) is 38.1 Å². The lowest BCUT2D eigenvalue weighted by Crippen LogP contribution is -2.23. The van der Waals surface area contributed by atoms with Gasteiger partial charge in [0.05, 0.1) is 18.6 Å². The van der Waals surface area contributed by atoms with E-state index in [1.165, 1.54) is 13.2 Å². The number of carbonyl (C=O) groups is 1. The summed E-state index contributed by atoms with van der Waals surface area (Å²) >= 11 is 0. The second-order valence-electron chi connectivity index (χ2n) is 5.08. The van der Waals surface area contributed by atoms with Crippen molar-refractivity contribution in [3.8, 4) is 0 Å². The van der Waals surface area contributed by atoms with Gasteiger partial charge in [-0.15, -0.1) is 0 Å².